The van der Waals surface area contributed by atoms with E-state index >= 15 is 0 Å². The van der Waals surface area contributed by atoms with Crippen LogP contribution in [0.1, 0.15) is 49.6 Å². The molecule has 3 amide bonds. The summed E-state index contributed by atoms with van der Waals surface area (Å²) < 4.78 is 0. The number of nitrogens with one attached hydrogen (secondary N) is 4. The summed E-state index contributed by atoms with van der Waals surface area (Å²) in [6, 6.07) is 11.8. The first-order chi connectivity index (χ1) is 14.5. The van der Waals surface area contributed by atoms with Gasteiger partial charge in [0, 0.05) is 46.7 Å². The summed E-state index contributed by atoms with van der Waals surface area (Å²) in [6.45, 7) is 2.66. The molecule has 1 aliphatic heterocycles. The second-order valence-corrected chi connectivity index (χ2v) is 7.30. The Morgan fingerprint density at radius 3 is 2.57 bits per heavy atom. The molecule has 1 unspecified atom stereocenters. The van der Waals surface area contributed by atoms with Crippen LogP contribution in [0, 0.1) is 0 Å². The normalized spacial score (nSPS) is 15.4. The zero-order valence-corrected chi connectivity index (χ0v) is 16.4. The van der Waals surface area contributed by atoms with Crippen molar-refractivity contribution >= 4 is 34.3 Å². The minimum Gasteiger partial charge on any atom is -0.395 e. The first-order valence-electron chi connectivity index (χ1n) is 9.72. The molecular weight excluding hydrogens is 384 g/mol. The molecule has 30 heavy (non-hydrogen) atoms. The lowest BCUT2D eigenvalue weighted by atomic mass is 9.93. The summed E-state index contributed by atoms with van der Waals surface area (Å²) >= 11 is 0. The Bertz CT molecular complexity index is 1130. The van der Waals surface area contributed by atoms with Crippen molar-refractivity contribution in [3.05, 3.63) is 64.8 Å². The van der Waals surface area contributed by atoms with Crippen LogP contribution in [0.2, 0.25) is 0 Å². The number of aliphatic hydroxyl groups is 1. The molecule has 0 spiro atoms. The molecule has 1 atom stereocenters. The van der Waals surface area contributed by atoms with Crippen molar-refractivity contribution in [1.82, 2.24) is 15.6 Å². The average molecular weight is 406 g/mol. The highest BCUT2D eigenvalue weighted by molar-refractivity contribution is 6.08. The Hall–Kier alpha value is -3.65. The maximum atomic E-state index is 12.7. The molecule has 8 nitrogen and oxygen atoms in total. The van der Waals surface area contributed by atoms with Crippen LogP contribution < -0.4 is 16.0 Å². The number of amides is 3. The standard InChI is InChI=1S/C22H22N4O4/c1-12-11-24-22(30)19-18(12)16-10-14(4-7-17(16)26-19)21(29)25-15-5-2-13(3-6-15)20(28)23-8-9-27/h2-7,10,12,26-27H,8-9,11H2,1H3,(H,23,28)(H,24,30)(H,25,29). The van der Waals surface area contributed by atoms with E-state index in [1.165, 1.54) is 0 Å². The number of carbonyl (C=O) groups excluding carboxylic acids is 3. The highest BCUT2D eigenvalue weighted by Crippen LogP contribution is 2.32. The second kappa shape index (κ2) is 8.00. The van der Waals surface area contributed by atoms with Crippen LogP contribution in [0.15, 0.2) is 42.5 Å². The van der Waals surface area contributed by atoms with Crippen molar-refractivity contribution in [2.24, 2.45) is 0 Å². The van der Waals surface area contributed by atoms with Gasteiger partial charge in [0.2, 0.25) is 0 Å². The molecule has 8 heteroatoms. The molecule has 0 radical (unpaired) electrons. The van der Waals surface area contributed by atoms with Crippen molar-refractivity contribution in [1.29, 1.82) is 0 Å². The van der Waals surface area contributed by atoms with Gasteiger partial charge in [-0.3, -0.25) is 14.4 Å². The lowest BCUT2D eigenvalue weighted by molar-refractivity contribution is 0.0932. The molecule has 0 bridgehead atoms. The third-order valence-corrected chi connectivity index (χ3v) is 5.19. The van der Waals surface area contributed by atoms with E-state index in [9.17, 15) is 14.4 Å². The molecule has 0 saturated carbocycles. The number of fused-ring (bicyclic) bond motifs is 3. The number of benzene rings is 2. The van der Waals surface area contributed by atoms with Crippen LogP contribution in [0.5, 0.6) is 0 Å². The number of aromatic amines is 1. The quantitative estimate of drug-likeness (QED) is 0.445. The number of H-pyrrole nitrogens is 1. The maximum absolute atomic E-state index is 12.7. The Balaban J connectivity index is 1.54. The van der Waals surface area contributed by atoms with Gasteiger partial charge in [0.05, 0.1) is 6.61 Å². The Morgan fingerprint density at radius 1 is 1.10 bits per heavy atom. The smallest absolute Gasteiger partial charge is 0.268 e. The highest BCUT2D eigenvalue weighted by atomic mass is 16.3. The largest absolute Gasteiger partial charge is 0.395 e. The number of aliphatic hydroxyl groups excluding tert-OH is 1. The number of carbonyl (C=O) groups is 3. The van der Waals surface area contributed by atoms with Crippen LogP contribution in [0.4, 0.5) is 5.69 Å². The number of aromatic nitrogens is 1. The molecule has 2 heterocycles. The SMILES string of the molecule is CC1CNC(=O)c2[nH]c3ccc(C(=O)Nc4ccc(C(=O)NCCO)cc4)cc3c21. The zero-order valence-electron chi connectivity index (χ0n) is 16.4. The van der Waals surface area contributed by atoms with Gasteiger partial charge in [-0.1, -0.05) is 6.92 Å². The Kier molecular flexibility index (Phi) is 5.24. The minimum absolute atomic E-state index is 0.127. The average Bonchev–Trinajstić information content (AvgIpc) is 3.15. The van der Waals surface area contributed by atoms with Crippen molar-refractivity contribution < 1.29 is 19.5 Å². The van der Waals surface area contributed by atoms with Gasteiger partial charge in [0.1, 0.15) is 5.69 Å². The molecule has 3 aromatic rings. The van der Waals surface area contributed by atoms with Crippen molar-refractivity contribution in [2.75, 3.05) is 25.0 Å². The molecule has 2 aromatic carbocycles. The van der Waals surface area contributed by atoms with Crippen LogP contribution in [0.25, 0.3) is 10.9 Å². The second-order valence-electron chi connectivity index (χ2n) is 7.30. The lowest BCUT2D eigenvalue weighted by Gasteiger charge is -2.19. The molecule has 0 aliphatic carbocycles. The molecule has 1 aliphatic rings. The van der Waals surface area contributed by atoms with Gasteiger partial charge in [0.25, 0.3) is 17.7 Å². The van der Waals surface area contributed by atoms with E-state index < -0.39 is 0 Å². The Labute approximate surface area is 172 Å². The maximum Gasteiger partial charge on any atom is 0.268 e. The predicted molar refractivity (Wildman–Crippen MR) is 113 cm³/mol. The highest BCUT2D eigenvalue weighted by Gasteiger charge is 2.27. The van der Waals surface area contributed by atoms with Gasteiger partial charge in [-0.05, 0) is 48.0 Å². The van der Waals surface area contributed by atoms with E-state index in [-0.39, 0.29) is 36.8 Å². The van der Waals surface area contributed by atoms with E-state index in [4.69, 9.17) is 5.11 Å². The Morgan fingerprint density at radius 2 is 1.83 bits per heavy atom. The number of rotatable bonds is 5. The van der Waals surface area contributed by atoms with Gasteiger partial charge >= 0.3 is 0 Å². The van der Waals surface area contributed by atoms with Crippen molar-refractivity contribution in [2.45, 2.75) is 12.8 Å². The van der Waals surface area contributed by atoms with Crippen molar-refractivity contribution in [3.8, 4) is 0 Å². The first-order valence-corrected chi connectivity index (χ1v) is 9.72. The molecular formula is C22H22N4O4. The van der Waals surface area contributed by atoms with E-state index in [1.54, 1.807) is 42.5 Å². The van der Waals surface area contributed by atoms with Gasteiger partial charge < -0.3 is 26.0 Å². The third-order valence-electron chi connectivity index (χ3n) is 5.19. The summed E-state index contributed by atoms with van der Waals surface area (Å²) in [5.41, 5.74) is 3.78. The minimum atomic E-state index is -0.289. The van der Waals surface area contributed by atoms with E-state index in [1.807, 2.05) is 6.92 Å². The number of hydrogen-bond donors (Lipinski definition) is 5. The molecule has 1 aromatic heterocycles. The summed E-state index contributed by atoms with van der Waals surface area (Å²) in [6.07, 6.45) is 0. The van der Waals surface area contributed by atoms with Crippen LogP contribution in [-0.2, 0) is 0 Å². The fourth-order valence-electron chi connectivity index (χ4n) is 3.66. The zero-order chi connectivity index (χ0) is 21.3. The fourth-order valence-corrected chi connectivity index (χ4v) is 3.66. The van der Waals surface area contributed by atoms with Gasteiger partial charge in [-0.25, -0.2) is 0 Å². The molecule has 4 rings (SSSR count). The monoisotopic (exact) mass is 406 g/mol. The number of hydrogen-bond acceptors (Lipinski definition) is 4. The van der Waals surface area contributed by atoms with Gasteiger partial charge in [-0.2, -0.15) is 0 Å². The van der Waals surface area contributed by atoms with Gasteiger partial charge in [0.15, 0.2) is 0 Å². The van der Waals surface area contributed by atoms with Gasteiger partial charge in [-0.15, -0.1) is 0 Å². The first kappa shape index (κ1) is 19.7. The molecule has 0 saturated heterocycles. The molecule has 0 fully saturated rings. The fraction of sp³-hybridized carbons (Fsp3) is 0.227. The summed E-state index contributed by atoms with van der Waals surface area (Å²) in [5, 5.41) is 17.9. The summed E-state index contributed by atoms with van der Waals surface area (Å²) in [4.78, 5) is 39.9. The van der Waals surface area contributed by atoms with E-state index in [0.29, 0.717) is 29.1 Å². The predicted octanol–water partition coefficient (Wildman–Crippen LogP) is 1.99. The van der Waals surface area contributed by atoms with E-state index in [2.05, 4.69) is 20.9 Å². The molecule has 154 valence electrons. The third kappa shape index (κ3) is 3.65. The summed E-state index contributed by atoms with van der Waals surface area (Å²) in [5.74, 6) is -0.553. The topological polar surface area (TPSA) is 123 Å². The van der Waals surface area contributed by atoms with Crippen molar-refractivity contribution in [3.63, 3.8) is 0 Å². The summed E-state index contributed by atoms with van der Waals surface area (Å²) in [7, 11) is 0. The van der Waals surface area contributed by atoms with Crippen LogP contribution in [-0.4, -0.2) is 47.5 Å². The van der Waals surface area contributed by atoms with E-state index in [0.717, 1.165) is 16.5 Å². The van der Waals surface area contributed by atoms with Crippen LogP contribution in [0.3, 0.4) is 0 Å². The molecule has 5 N–H and O–H groups in total. The van der Waals surface area contributed by atoms with Crippen LogP contribution >= 0.6 is 0 Å². The number of anilines is 1. The lowest BCUT2D eigenvalue weighted by Crippen LogP contribution is -2.33.